The van der Waals surface area contributed by atoms with Crippen LogP contribution in [0, 0.1) is 0 Å². The van der Waals surface area contributed by atoms with Gasteiger partial charge in [-0.15, -0.1) is 0 Å². The molecular weight excluding hydrogens is 697 g/mol. The number of amides is 1. The number of aromatic nitrogens is 4. The molecule has 1 unspecified atom stereocenters. The molecule has 272 valence electrons. The Kier molecular flexibility index (Phi) is 8.20. The van der Waals surface area contributed by atoms with E-state index >= 15 is 0 Å². The normalized spacial score (nSPS) is 22.7. The Bertz CT molecular complexity index is 2210. The topological polar surface area (TPSA) is 162 Å². The van der Waals surface area contributed by atoms with Gasteiger partial charge in [-0.05, 0) is 26.0 Å². The van der Waals surface area contributed by atoms with Crippen molar-refractivity contribution < 1.29 is 46.4 Å². The van der Waals surface area contributed by atoms with E-state index in [1.54, 1.807) is 91.2 Å². The summed E-state index contributed by atoms with van der Waals surface area (Å²) < 4.78 is 74.1. The van der Waals surface area contributed by atoms with Crippen molar-refractivity contribution in [3.05, 3.63) is 120 Å². The summed E-state index contributed by atoms with van der Waals surface area (Å²) >= 11 is 0. The molecule has 0 aliphatic carbocycles. The average molecular weight is 729 g/mol. The van der Waals surface area contributed by atoms with Crippen LogP contribution in [0.15, 0.2) is 97.6 Å². The van der Waals surface area contributed by atoms with Gasteiger partial charge in [0.2, 0.25) is 0 Å². The van der Waals surface area contributed by atoms with Crippen LogP contribution < -0.4 is 20.5 Å². The second-order valence-electron chi connectivity index (χ2n) is 13.0. The molecule has 4 atom stereocenters. The van der Waals surface area contributed by atoms with Crippen molar-refractivity contribution in [3.8, 4) is 11.5 Å². The summed E-state index contributed by atoms with van der Waals surface area (Å²) in [7, 11) is 0. The molecule has 3 aromatic carbocycles. The Balaban J connectivity index is 1.06. The van der Waals surface area contributed by atoms with Gasteiger partial charge in [0, 0.05) is 23.2 Å². The van der Waals surface area contributed by atoms with Gasteiger partial charge in [0.1, 0.15) is 30.2 Å². The van der Waals surface area contributed by atoms with Gasteiger partial charge in [-0.1, -0.05) is 72.8 Å². The fourth-order valence-corrected chi connectivity index (χ4v) is 6.78. The van der Waals surface area contributed by atoms with Gasteiger partial charge in [-0.25, -0.2) is 15.0 Å². The molecule has 5 aromatic rings. The SMILES string of the molecule is CC1(C)OC2[C@@H](C=CCNC(=O)c3cc(C(=O)C(F)(F)F)cc4c3OC(c3ccccc3)(c3ccccc3)O4)O[C@@H](n3cnc4c(N)ncnc43)[C@H]2O1. The van der Waals surface area contributed by atoms with Crippen LogP contribution in [0.25, 0.3) is 11.2 Å². The first kappa shape index (κ1) is 34.3. The molecule has 3 aliphatic rings. The molecule has 13 nitrogen and oxygen atoms in total. The van der Waals surface area contributed by atoms with Crippen molar-refractivity contribution in [2.45, 2.75) is 56.1 Å². The Morgan fingerprint density at radius 3 is 2.30 bits per heavy atom. The molecular formula is C37H31F3N6O7. The van der Waals surface area contributed by atoms with Gasteiger partial charge in [-0.2, -0.15) is 13.2 Å². The third-order valence-corrected chi connectivity index (χ3v) is 9.06. The predicted octanol–water partition coefficient (Wildman–Crippen LogP) is 5.23. The number of nitrogens with zero attached hydrogens (tertiary/aromatic N) is 4. The zero-order chi connectivity index (χ0) is 37.1. The van der Waals surface area contributed by atoms with E-state index in [2.05, 4.69) is 20.3 Å². The minimum Gasteiger partial charge on any atom is -0.440 e. The Morgan fingerprint density at radius 2 is 1.62 bits per heavy atom. The highest BCUT2D eigenvalue weighted by Gasteiger charge is 2.55. The van der Waals surface area contributed by atoms with E-state index in [1.165, 1.54) is 12.7 Å². The van der Waals surface area contributed by atoms with Crippen LogP contribution in [0.1, 0.15) is 51.9 Å². The Hall–Kier alpha value is -5.84. The molecule has 3 aliphatic heterocycles. The van der Waals surface area contributed by atoms with Gasteiger partial charge in [-0.3, -0.25) is 14.2 Å². The molecule has 2 aromatic heterocycles. The molecule has 16 heteroatoms. The maximum absolute atomic E-state index is 13.8. The van der Waals surface area contributed by atoms with Gasteiger partial charge >= 0.3 is 12.0 Å². The molecule has 2 fully saturated rings. The van der Waals surface area contributed by atoms with E-state index in [1.807, 2.05) is 0 Å². The van der Waals surface area contributed by atoms with Crippen LogP contribution in [-0.2, 0) is 20.0 Å². The molecule has 8 rings (SSSR count). The van der Waals surface area contributed by atoms with Crippen LogP contribution in [0.3, 0.4) is 0 Å². The van der Waals surface area contributed by atoms with Crippen molar-refractivity contribution >= 4 is 28.7 Å². The number of benzene rings is 3. The van der Waals surface area contributed by atoms with Crippen LogP contribution in [0.5, 0.6) is 11.5 Å². The number of fused-ring (bicyclic) bond motifs is 3. The van der Waals surface area contributed by atoms with E-state index < -0.39 is 59.5 Å². The predicted molar refractivity (Wildman–Crippen MR) is 181 cm³/mol. The van der Waals surface area contributed by atoms with E-state index in [0.717, 1.165) is 12.1 Å². The average Bonchev–Trinajstić information content (AvgIpc) is 3.90. The summed E-state index contributed by atoms with van der Waals surface area (Å²) in [6.07, 6.45) is -1.52. The van der Waals surface area contributed by atoms with Crippen LogP contribution in [0.2, 0.25) is 0 Å². The Labute approximate surface area is 299 Å². The number of carbonyl (C=O) groups is 2. The van der Waals surface area contributed by atoms with E-state index in [9.17, 15) is 22.8 Å². The van der Waals surface area contributed by atoms with Crippen molar-refractivity contribution in [2.75, 3.05) is 12.3 Å². The number of rotatable bonds is 8. The van der Waals surface area contributed by atoms with Crippen molar-refractivity contribution in [1.82, 2.24) is 24.8 Å². The van der Waals surface area contributed by atoms with Gasteiger partial charge in [0.15, 0.2) is 35.0 Å². The largest absolute Gasteiger partial charge is 0.454 e. The molecule has 0 saturated carbocycles. The summed E-state index contributed by atoms with van der Waals surface area (Å²) in [6, 6.07) is 19.3. The Morgan fingerprint density at radius 1 is 0.943 bits per heavy atom. The fourth-order valence-electron chi connectivity index (χ4n) is 6.78. The number of ketones is 1. The lowest BCUT2D eigenvalue weighted by Crippen LogP contribution is -2.37. The maximum atomic E-state index is 13.8. The summed E-state index contributed by atoms with van der Waals surface area (Å²) in [5.74, 6) is -5.67. The minimum absolute atomic E-state index is 0.0850. The van der Waals surface area contributed by atoms with Crippen LogP contribution in [0.4, 0.5) is 19.0 Å². The van der Waals surface area contributed by atoms with Gasteiger partial charge in [0.05, 0.1) is 11.9 Å². The molecule has 3 N–H and O–H groups in total. The number of carbonyl (C=O) groups excluding carboxylic acids is 2. The second-order valence-corrected chi connectivity index (χ2v) is 13.0. The smallest absolute Gasteiger partial charge is 0.440 e. The number of nitrogens with one attached hydrogen (secondary N) is 1. The number of Topliss-reactive ketones (excluding diaryl/α,β-unsaturated/α-hetero) is 1. The lowest BCUT2D eigenvalue weighted by Gasteiger charge is -2.28. The zero-order valence-corrected chi connectivity index (χ0v) is 28.1. The van der Waals surface area contributed by atoms with Crippen LogP contribution in [-0.4, -0.2) is 68.0 Å². The second kappa shape index (κ2) is 12.7. The van der Waals surface area contributed by atoms with Gasteiger partial charge < -0.3 is 34.7 Å². The molecule has 0 spiro atoms. The van der Waals surface area contributed by atoms with Crippen molar-refractivity contribution in [1.29, 1.82) is 0 Å². The highest BCUT2D eigenvalue weighted by Crippen LogP contribution is 2.50. The number of nitrogen functional groups attached to an aromatic ring is 1. The third-order valence-electron chi connectivity index (χ3n) is 9.06. The summed E-state index contributed by atoms with van der Waals surface area (Å²) in [6.45, 7) is 3.47. The summed E-state index contributed by atoms with van der Waals surface area (Å²) in [5, 5.41) is 2.68. The third kappa shape index (κ3) is 6.03. The summed E-state index contributed by atoms with van der Waals surface area (Å²) in [5.41, 5.74) is 6.74. The lowest BCUT2D eigenvalue weighted by molar-refractivity contribution is -0.191. The molecule has 0 bridgehead atoms. The summed E-state index contributed by atoms with van der Waals surface area (Å²) in [4.78, 5) is 38.8. The number of alkyl halides is 3. The number of hydrogen-bond donors (Lipinski definition) is 2. The lowest BCUT2D eigenvalue weighted by atomic mass is 9.97. The molecule has 2 saturated heterocycles. The highest BCUT2D eigenvalue weighted by atomic mass is 19.4. The number of imidazole rings is 1. The minimum atomic E-state index is -5.21. The zero-order valence-electron chi connectivity index (χ0n) is 28.1. The van der Waals surface area contributed by atoms with Crippen LogP contribution >= 0.6 is 0 Å². The molecule has 1 amide bonds. The standard InChI is InChI=1S/C37H31F3N6O7/c1-35(2)51-28-24(49-34(29(28)52-35)46-19-45-26-31(41)43-18-44-32(26)46)14-9-15-42-33(48)23-16-20(30(47)37(38,39)40)17-25-27(23)53-36(50-25,21-10-5-3-6-11-21)22-12-7-4-8-13-22/h3-14,16-19,24,28-29,34H,15H2,1-2H3,(H,42,48)(H2,41,43,44)/t24-,28?,29+,34-/m1/s1. The van der Waals surface area contributed by atoms with E-state index in [0.29, 0.717) is 22.3 Å². The van der Waals surface area contributed by atoms with E-state index in [-0.39, 0.29) is 29.4 Å². The van der Waals surface area contributed by atoms with Crippen molar-refractivity contribution in [3.63, 3.8) is 0 Å². The number of halogens is 3. The quantitative estimate of drug-likeness (QED) is 0.159. The molecule has 5 heterocycles. The number of anilines is 1. The van der Waals surface area contributed by atoms with E-state index in [4.69, 9.17) is 29.4 Å². The van der Waals surface area contributed by atoms with Gasteiger partial charge in [0.25, 0.3) is 11.7 Å². The molecule has 0 radical (unpaired) electrons. The number of nitrogens with two attached hydrogens (primary N) is 1. The highest BCUT2D eigenvalue weighted by molar-refractivity contribution is 6.05. The monoisotopic (exact) mass is 728 g/mol. The first-order valence-electron chi connectivity index (χ1n) is 16.5. The van der Waals surface area contributed by atoms with Crippen molar-refractivity contribution in [2.24, 2.45) is 0 Å². The molecule has 53 heavy (non-hydrogen) atoms. The first-order chi connectivity index (χ1) is 25.3. The fraction of sp³-hybridized carbons (Fsp3) is 0.270. The maximum Gasteiger partial charge on any atom is 0.454 e. The first-order valence-corrected chi connectivity index (χ1v) is 16.5. The number of ether oxygens (including phenoxy) is 5. The number of hydrogen-bond acceptors (Lipinski definition) is 11.